The highest BCUT2D eigenvalue weighted by atomic mass is 35.5. The molecule has 3 aromatic rings. The van der Waals surface area contributed by atoms with Gasteiger partial charge >= 0.3 is 0 Å². The molecule has 6 nitrogen and oxygen atoms in total. The van der Waals surface area contributed by atoms with Crippen molar-refractivity contribution in [1.82, 2.24) is 9.97 Å². The Morgan fingerprint density at radius 1 is 1.13 bits per heavy atom. The average Bonchev–Trinajstić information content (AvgIpc) is 3.12. The van der Waals surface area contributed by atoms with E-state index in [2.05, 4.69) is 46.4 Å². The largest absolute Gasteiger partial charge is 0.342 e. The average molecular weight is 454 g/mol. The van der Waals surface area contributed by atoms with Crippen LogP contribution in [0.25, 0.3) is 0 Å². The van der Waals surface area contributed by atoms with Crippen molar-refractivity contribution in [3.8, 4) is 0 Å². The Morgan fingerprint density at radius 3 is 2.58 bits per heavy atom. The predicted octanol–water partition coefficient (Wildman–Crippen LogP) is 6.03. The number of carbonyl (C=O) groups excluding carboxylic acids is 1. The number of rotatable bonds is 3. The first-order chi connectivity index (χ1) is 14.7. The van der Waals surface area contributed by atoms with Gasteiger partial charge in [0.1, 0.15) is 23.0 Å². The molecule has 0 saturated heterocycles. The van der Waals surface area contributed by atoms with Gasteiger partial charge in [-0.3, -0.25) is 4.79 Å². The molecule has 1 aliphatic heterocycles. The summed E-state index contributed by atoms with van der Waals surface area (Å²) in [5.74, 6) is 0.860. The van der Waals surface area contributed by atoms with Crippen LogP contribution < -0.4 is 10.6 Å². The number of hydrogen-bond acceptors (Lipinski definition) is 4. The van der Waals surface area contributed by atoms with Crippen molar-refractivity contribution in [1.29, 1.82) is 0 Å². The summed E-state index contributed by atoms with van der Waals surface area (Å²) in [5.41, 5.74) is 3.57. The molecule has 1 amide bonds. The zero-order chi connectivity index (χ0) is 22.2. The van der Waals surface area contributed by atoms with Gasteiger partial charge in [-0.15, -0.1) is 0 Å². The highest BCUT2D eigenvalue weighted by Crippen LogP contribution is 2.34. The Bertz CT molecular complexity index is 1180. The first-order valence-electron chi connectivity index (χ1n) is 9.76. The van der Waals surface area contributed by atoms with Crippen molar-refractivity contribution >= 4 is 52.1 Å². The van der Waals surface area contributed by atoms with Crippen molar-refractivity contribution in [2.75, 3.05) is 10.6 Å². The number of carbonyl (C=O) groups is 1. The fourth-order valence-electron chi connectivity index (χ4n) is 3.20. The van der Waals surface area contributed by atoms with E-state index in [1.54, 1.807) is 36.7 Å². The van der Waals surface area contributed by atoms with E-state index in [1.165, 1.54) is 0 Å². The summed E-state index contributed by atoms with van der Waals surface area (Å²) in [4.78, 5) is 25.8. The quantitative estimate of drug-likeness (QED) is 0.507. The minimum atomic E-state index is -0.319. The summed E-state index contributed by atoms with van der Waals surface area (Å²) in [5, 5.41) is 6.98. The molecule has 3 heterocycles. The number of aromatic nitrogens is 2. The molecule has 1 aliphatic rings. The fourth-order valence-corrected chi connectivity index (χ4v) is 3.69. The van der Waals surface area contributed by atoms with Crippen LogP contribution in [0, 0.1) is 0 Å². The zero-order valence-corrected chi connectivity index (χ0v) is 18.8. The third-order valence-corrected chi connectivity index (χ3v) is 5.52. The number of nitrogens with one attached hydrogen (secondary N) is 2. The van der Waals surface area contributed by atoms with Gasteiger partial charge in [0.15, 0.2) is 0 Å². The van der Waals surface area contributed by atoms with Gasteiger partial charge in [0, 0.05) is 12.6 Å². The second-order valence-corrected chi connectivity index (χ2v) is 9.11. The molecule has 0 bridgehead atoms. The number of fused-ring (bicyclic) bond motifs is 1. The normalized spacial score (nSPS) is 14.3. The van der Waals surface area contributed by atoms with E-state index < -0.39 is 0 Å². The zero-order valence-electron chi connectivity index (χ0n) is 17.3. The lowest BCUT2D eigenvalue weighted by Crippen LogP contribution is -2.17. The van der Waals surface area contributed by atoms with Gasteiger partial charge in [0.05, 0.1) is 21.9 Å². The fraction of sp³-hybridized carbons (Fsp3) is 0.217. The maximum atomic E-state index is 12.7. The second-order valence-electron chi connectivity index (χ2n) is 8.29. The molecule has 31 heavy (non-hydrogen) atoms. The Morgan fingerprint density at radius 2 is 1.87 bits per heavy atom. The summed E-state index contributed by atoms with van der Waals surface area (Å²) < 4.78 is 0. The summed E-state index contributed by atoms with van der Waals surface area (Å²) in [7, 11) is 0. The van der Waals surface area contributed by atoms with Crippen molar-refractivity contribution in [2.45, 2.75) is 32.6 Å². The smallest absolute Gasteiger partial charge is 0.275 e. The lowest BCUT2D eigenvalue weighted by atomic mass is 9.88. The van der Waals surface area contributed by atoms with Gasteiger partial charge in [-0.25, -0.2) is 15.0 Å². The Labute approximate surface area is 190 Å². The molecule has 0 spiro atoms. The Kier molecular flexibility index (Phi) is 5.69. The first-order valence-corrected chi connectivity index (χ1v) is 10.5. The topological polar surface area (TPSA) is 79.3 Å². The van der Waals surface area contributed by atoms with E-state index in [-0.39, 0.29) is 11.3 Å². The van der Waals surface area contributed by atoms with E-state index in [9.17, 15) is 4.79 Å². The molecule has 2 aromatic heterocycles. The molecule has 0 fully saturated rings. The molecule has 0 aliphatic carbocycles. The molecule has 0 radical (unpaired) electrons. The van der Waals surface area contributed by atoms with Crippen LogP contribution >= 0.6 is 23.2 Å². The third kappa shape index (κ3) is 4.70. The molecular formula is C23H21Cl2N5O. The van der Waals surface area contributed by atoms with Gasteiger partial charge in [0.2, 0.25) is 0 Å². The molecule has 8 heteroatoms. The number of pyridine rings is 2. The van der Waals surface area contributed by atoms with Crippen LogP contribution in [0.1, 0.15) is 42.4 Å². The minimum Gasteiger partial charge on any atom is -0.342 e. The maximum Gasteiger partial charge on any atom is 0.275 e. The lowest BCUT2D eigenvalue weighted by molar-refractivity contribution is 0.102. The van der Waals surface area contributed by atoms with Gasteiger partial charge < -0.3 is 10.6 Å². The van der Waals surface area contributed by atoms with Crippen LogP contribution in [0.5, 0.6) is 0 Å². The number of halogens is 2. The summed E-state index contributed by atoms with van der Waals surface area (Å²) in [6.07, 6.45) is 3.83. The summed E-state index contributed by atoms with van der Waals surface area (Å²) in [6, 6.07) is 10.8. The molecule has 158 valence electrons. The maximum absolute atomic E-state index is 12.7. The van der Waals surface area contributed by atoms with Gasteiger partial charge in [-0.2, -0.15) is 0 Å². The van der Waals surface area contributed by atoms with Crippen molar-refractivity contribution in [3.63, 3.8) is 0 Å². The number of amides is 1. The Hall–Kier alpha value is -2.96. The highest BCUT2D eigenvalue weighted by Gasteiger charge is 2.21. The molecule has 2 N–H and O–H groups in total. The number of para-hydroxylation sites is 1. The number of hydrogen-bond donors (Lipinski definition) is 2. The number of benzene rings is 1. The van der Waals surface area contributed by atoms with Gasteiger partial charge in [0.25, 0.3) is 5.91 Å². The van der Waals surface area contributed by atoms with Crippen LogP contribution in [0.3, 0.4) is 0 Å². The van der Waals surface area contributed by atoms with Crippen molar-refractivity contribution in [3.05, 3.63) is 75.7 Å². The first kappa shape index (κ1) is 21.3. The van der Waals surface area contributed by atoms with Crippen LogP contribution in [-0.4, -0.2) is 21.7 Å². The van der Waals surface area contributed by atoms with Crippen LogP contribution in [0.15, 0.2) is 53.8 Å². The Balaban J connectivity index is 1.53. The van der Waals surface area contributed by atoms with Crippen LogP contribution in [0.4, 0.5) is 17.2 Å². The predicted molar refractivity (Wildman–Crippen MR) is 126 cm³/mol. The third-order valence-electron chi connectivity index (χ3n) is 4.91. The van der Waals surface area contributed by atoms with Gasteiger partial charge in [-0.1, -0.05) is 50.0 Å². The lowest BCUT2D eigenvalue weighted by Gasteiger charge is -2.19. The standard InChI is InChI=1S/C23H21Cl2N5O/c1-23(2,3)14-7-8-26-19(11-14)30-22(31)17-9-13-10-20(28-18(13)12-27-17)29-21-15(24)5-4-6-16(21)25/h4-9,11-12H,10H2,1-3H3,(H,28,29)(H,26,30,31). The van der Waals surface area contributed by atoms with E-state index in [4.69, 9.17) is 23.2 Å². The summed E-state index contributed by atoms with van der Waals surface area (Å²) >= 11 is 12.4. The molecule has 0 saturated carbocycles. The van der Waals surface area contributed by atoms with E-state index in [0.717, 1.165) is 16.8 Å². The minimum absolute atomic E-state index is 0.0415. The molecule has 1 aromatic carbocycles. The van der Waals surface area contributed by atoms with E-state index in [0.29, 0.717) is 39.5 Å². The molecular weight excluding hydrogens is 433 g/mol. The second kappa shape index (κ2) is 8.29. The number of anilines is 2. The van der Waals surface area contributed by atoms with E-state index >= 15 is 0 Å². The molecule has 0 unspecified atom stereocenters. The SMILES string of the molecule is CC(C)(C)c1ccnc(NC(=O)c2cc3c(cn2)NC(=Nc2c(Cl)cccc2Cl)C3)c1. The number of aliphatic imine (C=N–C) groups is 1. The highest BCUT2D eigenvalue weighted by molar-refractivity contribution is 6.39. The summed E-state index contributed by atoms with van der Waals surface area (Å²) in [6.45, 7) is 6.33. The van der Waals surface area contributed by atoms with Crippen LogP contribution in [0.2, 0.25) is 10.0 Å². The van der Waals surface area contributed by atoms with Gasteiger partial charge in [-0.05, 0) is 46.9 Å². The number of nitrogens with zero attached hydrogens (tertiary/aromatic N) is 3. The van der Waals surface area contributed by atoms with Crippen molar-refractivity contribution in [2.24, 2.45) is 4.99 Å². The molecule has 0 atom stereocenters. The number of amidine groups is 1. The van der Waals surface area contributed by atoms with E-state index in [1.807, 2.05) is 12.1 Å². The molecule has 4 rings (SSSR count). The monoisotopic (exact) mass is 453 g/mol. The van der Waals surface area contributed by atoms with Crippen molar-refractivity contribution < 1.29 is 4.79 Å². The van der Waals surface area contributed by atoms with Crippen LogP contribution in [-0.2, 0) is 11.8 Å².